The fraction of sp³-hybridized carbons (Fsp3) is 1.00. The highest BCUT2D eigenvalue weighted by Gasteiger charge is 2.46. The van der Waals surface area contributed by atoms with Crippen LogP contribution in [0.4, 0.5) is 0 Å². The van der Waals surface area contributed by atoms with Gasteiger partial charge in [-0.25, -0.2) is 4.57 Å². The van der Waals surface area contributed by atoms with Crippen molar-refractivity contribution < 1.29 is 45.4 Å². The van der Waals surface area contributed by atoms with Crippen molar-refractivity contribution in [2.45, 2.75) is 30.7 Å². The van der Waals surface area contributed by atoms with E-state index in [1.165, 1.54) is 0 Å². The summed E-state index contributed by atoms with van der Waals surface area (Å²) in [5.41, 5.74) is 0. The highest BCUT2D eigenvalue weighted by Crippen LogP contribution is 2.40. The highest BCUT2D eigenvalue weighted by atomic mass is 31.2. The Bertz CT molecular complexity index is 319. The lowest BCUT2D eigenvalue weighted by Crippen LogP contribution is -2.58. The first kappa shape index (κ1) is 12.4. The molecule has 0 aromatic heterocycles. The van der Waals surface area contributed by atoms with E-state index in [1.54, 1.807) is 0 Å². The normalized spacial score (nSPS) is 46.5. The third kappa shape index (κ3) is 3.20. The van der Waals surface area contributed by atoms with Crippen LogP contribution in [0.25, 0.3) is 0 Å². The maximum atomic E-state index is 10.6. The lowest BCUT2D eigenvalue weighted by molar-refractivity contribution is -0.280. The van der Waals surface area contributed by atoms with Gasteiger partial charge >= 0.3 is 7.82 Å². The molecule has 0 aromatic rings. The zero-order valence-electron chi connectivity index (χ0n) is 8.87. The molecule has 0 saturated carbocycles. The van der Waals surface area contributed by atoms with E-state index >= 15 is 0 Å². The number of phosphoric ester groups is 1. The summed E-state index contributed by atoms with van der Waals surface area (Å²) < 4.78 is 26.4. The molecule has 10 heteroatoms. The second-order valence-electron chi connectivity index (χ2n) is 3.17. The third-order valence-electron chi connectivity index (χ3n) is 1.95. The zero-order valence-corrected chi connectivity index (χ0v) is 8.77. The summed E-state index contributed by atoms with van der Waals surface area (Å²) in [6.45, 7) is -0.837. The maximum Gasteiger partial charge on any atom is 0.472 e. The number of hydrogen-bond acceptors (Lipinski definition) is 7. The largest absolute Gasteiger partial charge is 0.472 e. The second-order valence-corrected chi connectivity index (χ2v) is 4.33. The van der Waals surface area contributed by atoms with Gasteiger partial charge in [-0.3, -0.25) is 4.52 Å². The van der Waals surface area contributed by atoms with Crippen molar-refractivity contribution in [2.75, 3.05) is 6.61 Å². The van der Waals surface area contributed by atoms with Gasteiger partial charge in [0, 0.05) is 0 Å². The van der Waals surface area contributed by atoms with Gasteiger partial charge in [0.15, 0.2) is 6.27 Å². The Hall–Kier alpha value is -0.0900. The molecule has 9 nitrogen and oxygen atoms in total. The van der Waals surface area contributed by atoms with Crippen LogP contribution in [-0.4, -0.2) is 67.5 Å². The molecule has 1 aliphatic heterocycles. The van der Waals surface area contributed by atoms with Crippen molar-refractivity contribution in [3.63, 3.8) is 0 Å². The van der Waals surface area contributed by atoms with Crippen LogP contribution < -0.4 is 0 Å². The number of hydrogen-bond donors (Lipinski definition) is 6. The molecule has 0 bridgehead atoms. The molecule has 16 heavy (non-hydrogen) atoms. The van der Waals surface area contributed by atoms with Crippen molar-refractivity contribution in [3.05, 3.63) is 0 Å². The average molecular weight is 261 g/mol. The maximum absolute atomic E-state index is 10.6. The zero-order chi connectivity index (χ0) is 13.4. The average Bonchev–Trinajstić information content (AvgIpc) is 2.18. The summed E-state index contributed by atoms with van der Waals surface area (Å²) in [4.78, 5) is 17.1. The SMILES string of the molecule is [2H]C1(OP(=O)(O)O)O[C@H](CO)[C@H](O)[C@H](O)[C@H]1O. The monoisotopic (exact) mass is 261 g/mol. The fourth-order valence-electron chi connectivity index (χ4n) is 1.17. The van der Waals surface area contributed by atoms with Crippen LogP contribution in [-0.2, 0) is 13.8 Å². The molecular formula is C6H13O9P. The van der Waals surface area contributed by atoms with Crippen LogP contribution >= 0.6 is 7.82 Å². The van der Waals surface area contributed by atoms with E-state index in [1.807, 2.05) is 0 Å². The fourth-order valence-corrected chi connectivity index (χ4v) is 1.56. The first-order valence-electron chi connectivity index (χ1n) is 4.70. The Kier molecular flexibility index (Phi) is 3.90. The number of aliphatic hydroxyl groups is 4. The molecule has 0 amide bonds. The van der Waals surface area contributed by atoms with E-state index in [-0.39, 0.29) is 0 Å². The summed E-state index contributed by atoms with van der Waals surface area (Å²) in [5.74, 6) is 0. The first-order chi connectivity index (χ1) is 7.60. The van der Waals surface area contributed by atoms with Crippen LogP contribution in [0, 0.1) is 0 Å². The molecular weight excluding hydrogens is 247 g/mol. The predicted molar refractivity (Wildman–Crippen MR) is 46.9 cm³/mol. The lowest BCUT2D eigenvalue weighted by Gasteiger charge is -2.39. The standard InChI is InChI=1S/C6H13O9P/c7-1-2-3(8)4(9)5(10)6(14-2)15-16(11,12)13/h2-10H,1H2,(H2,11,12,13)/t2-,3+,4+,5-,6?/m1/s1/i6D. The van der Waals surface area contributed by atoms with Crippen molar-refractivity contribution >= 4 is 7.82 Å². The third-order valence-corrected chi connectivity index (χ3v) is 2.37. The van der Waals surface area contributed by atoms with Gasteiger partial charge in [0.05, 0.1) is 7.98 Å². The molecule has 1 saturated heterocycles. The minimum absolute atomic E-state index is 0.837. The summed E-state index contributed by atoms with van der Waals surface area (Å²) >= 11 is 0. The van der Waals surface area contributed by atoms with Crippen LogP contribution in [0.1, 0.15) is 1.37 Å². The van der Waals surface area contributed by atoms with Crippen LogP contribution in [0.5, 0.6) is 0 Å². The molecule has 1 heterocycles. The van der Waals surface area contributed by atoms with Crippen LogP contribution in [0.15, 0.2) is 0 Å². The van der Waals surface area contributed by atoms with Crippen molar-refractivity contribution in [3.8, 4) is 0 Å². The van der Waals surface area contributed by atoms with Gasteiger partial charge in [0.25, 0.3) is 0 Å². The molecule has 1 aliphatic rings. The van der Waals surface area contributed by atoms with Gasteiger partial charge in [-0.1, -0.05) is 0 Å². The highest BCUT2D eigenvalue weighted by molar-refractivity contribution is 7.46. The van der Waals surface area contributed by atoms with E-state index in [2.05, 4.69) is 9.26 Å². The molecule has 0 radical (unpaired) electrons. The summed E-state index contributed by atoms with van der Waals surface area (Å²) in [7, 11) is -5.17. The Balaban J connectivity index is 2.95. The molecule has 1 rings (SSSR count). The van der Waals surface area contributed by atoms with Crippen molar-refractivity contribution in [2.24, 2.45) is 0 Å². The van der Waals surface area contributed by atoms with E-state index in [0.29, 0.717) is 0 Å². The molecule has 1 unspecified atom stereocenters. The number of rotatable bonds is 3. The second kappa shape index (κ2) is 5.05. The van der Waals surface area contributed by atoms with E-state index in [0.717, 1.165) is 0 Å². The number of ether oxygens (including phenoxy) is 1. The van der Waals surface area contributed by atoms with Gasteiger partial charge < -0.3 is 34.9 Å². The predicted octanol–water partition coefficient (Wildman–Crippen LogP) is -3.10. The summed E-state index contributed by atoms with van der Waals surface area (Å²) in [6.07, 6.45) is -10.4. The topological polar surface area (TPSA) is 157 Å². The minimum Gasteiger partial charge on any atom is -0.394 e. The number of phosphoric acid groups is 1. The Labute approximate surface area is 91.5 Å². The van der Waals surface area contributed by atoms with Gasteiger partial charge in [-0.2, -0.15) is 0 Å². The lowest BCUT2D eigenvalue weighted by atomic mass is 10.00. The quantitative estimate of drug-likeness (QED) is 0.289. The number of aliphatic hydroxyl groups excluding tert-OH is 4. The first-order valence-corrected chi connectivity index (χ1v) is 5.73. The molecule has 5 atom stereocenters. The van der Waals surface area contributed by atoms with Crippen molar-refractivity contribution in [1.29, 1.82) is 0 Å². The molecule has 0 aromatic carbocycles. The molecule has 0 spiro atoms. The van der Waals surface area contributed by atoms with Gasteiger partial charge in [0.1, 0.15) is 24.4 Å². The molecule has 96 valence electrons. The molecule has 6 N–H and O–H groups in total. The van der Waals surface area contributed by atoms with E-state index in [4.69, 9.17) is 16.3 Å². The summed E-state index contributed by atoms with van der Waals surface area (Å²) in [5, 5.41) is 36.8. The minimum atomic E-state index is -5.17. The Morgan fingerprint density at radius 1 is 1.25 bits per heavy atom. The van der Waals surface area contributed by atoms with Crippen LogP contribution in [0.3, 0.4) is 0 Å². The summed E-state index contributed by atoms with van der Waals surface area (Å²) in [6, 6.07) is 0. The Morgan fingerprint density at radius 3 is 2.25 bits per heavy atom. The van der Waals surface area contributed by atoms with Gasteiger partial charge in [-0.15, -0.1) is 0 Å². The smallest absolute Gasteiger partial charge is 0.394 e. The van der Waals surface area contributed by atoms with E-state index in [9.17, 15) is 19.9 Å². The Morgan fingerprint density at radius 2 is 1.81 bits per heavy atom. The molecule has 1 fully saturated rings. The van der Waals surface area contributed by atoms with Gasteiger partial charge in [-0.05, 0) is 0 Å². The van der Waals surface area contributed by atoms with Gasteiger partial charge in [0.2, 0.25) is 0 Å². The molecule has 0 aliphatic carbocycles. The van der Waals surface area contributed by atoms with Crippen molar-refractivity contribution in [1.82, 2.24) is 0 Å². The van der Waals surface area contributed by atoms with E-state index < -0.39 is 45.1 Å². The van der Waals surface area contributed by atoms with Crippen LogP contribution in [0.2, 0.25) is 0 Å².